The third-order valence-electron chi connectivity index (χ3n) is 2.36. The first-order valence-corrected chi connectivity index (χ1v) is 4.53. The van der Waals surface area contributed by atoms with E-state index in [0.717, 1.165) is 0 Å². The van der Waals surface area contributed by atoms with Crippen molar-refractivity contribution in [3.05, 3.63) is 41.1 Å². The van der Waals surface area contributed by atoms with Crippen LogP contribution in [0.1, 0.15) is 11.6 Å². The third-order valence-corrected chi connectivity index (χ3v) is 2.36. The Bertz CT molecular complexity index is 354. The first kappa shape index (κ1) is 10.1. The monoisotopic (exact) mass is 208 g/mol. The van der Waals surface area contributed by atoms with Crippen LogP contribution < -0.4 is 0 Å². The van der Waals surface area contributed by atoms with Crippen LogP contribution in [0.3, 0.4) is 0 Å². The lowest BCUT2D eigenvalue weighted by atomic mass is 10.0. The van der Waals surface area contributed by atoms with Crippen molar-refractivity contribution in [3.63, 3.8) is 0 Å². The number of aliphatic carboxylic acids is 1. The summed E-state index contributed by atoms with van der Waals surface area (Å²) in [7, 11) is 0. The third kappa shape index (κ3) is 1.85. The van der Waals surface area contributed by atoms with Crippen LogP contribution in [0.4, 0.5) is 0 Å². The van der Waals surface area contributed by atoms with E-state index in [1.807, 2.05) is 6.07 Å². The minimum Gasteiger partial charge on any atom is -0.783 e. The van der Waals surface area contributed by atoms with E-state index in [0.29, 0.717) is 10.6 Å². The zero-order chi connectivity index (χ0) is 10.8. The summed E-state index contributed by atoms with van der Waals surface area (Å²) in [4.78, 5) is 10.8. The summed E-state index contributed by atoms with van der Waals surface area (Å²) in [6.07, 6.45) is -1.08. The van der Waals surface area contributed by atoms with Crippen LogP contribution in [0.15, 0.2) is 30.3 Å². The molecule has 1 saturated heterocycles. The molecule has 1 aromatic rings. The van der Waals surface area contributed by atoms with Crippen molar-refractivity contribution >= 4 is 5.97 Å². The standard InChI is InChI=1S/C10H10NO4/c12-10(13)9-8(11(14)6-15-9)7-4-2-1-3-5-7/h1-5,8-9H,6H2,(H,12,13)/q-1/t8-,9+/m0/s1. The first-order valence-electron chi connectivity index (χ1n) is 4.53. The van der Waals surface area contributed by atoms with Crippen molar-refractivity contribution in [1.82, 2.24) is 5.06 Å². The SMILES string of the molecule is O=C(O)[C@@H]1OCN([O-])[C@H]1c1ccccc1. The van der Waals surface area contributed by atoms with Gasteiger partial charge < -0.3 is 20.1 Å². The molecule has 5 nitrogen and oxygen atoms in total. The van der Waals surface area contributed by atoms with E-state index in [1.165, 1.54) is 0 Å². The molecule has 0 amide bonds. The number of benzene rings is 1. The molecule has 80 valence electrons. The van der Waals surface area contributed by atoms with Crippen LogP contribution in [0, 0.1) is 5.21 Å². The summed E-state index contributed by atoms with van der Waals surface area (Å²) in [6, 6.07) is 8.04. The van der Waals surface area contributed by atoms with Crippen molar-refractivity contribution < 1.29 is 14.6 Å². The molecule has 0 radical (unpaired) electrons. The highest BCUT2D eigenvalue weighted by Gasteiger charge is 2.36. The molecule has 0 aliphatic carbocycles. The van der Waals surface area contributed by atoms with Gasteiger partial charge in [0.1, 0.15) is 0 Å². The molecule has 0 spiro atoms. The minimum atomic E-state index is -1.11. The van der Waals surface area contributed by atoms with E-state index < -0.39 is 18.1 Å². The highest BCUT2D eigenvalue weighted by Crippen LogP contribution is 2.30. The van der Waals surface area contributed by atoms with Gasteiger partial charge in [0, 0.05) is 0 Å². The lowest BCUT2D eigenvalue weighted by Crippen LogP contribution is -2.29. The predicted molar refractivity (Wildman–Crippen MR) is 51.8 cm³/mol. The maximum Gasteiger partial charge on any atom is 0.334 e. The molecule has 0 unspecified atom stereocenters. The number of carbonyl (C=O) groups is 1. The molecule has 2 rings (SSSR count). The number of carboxylic acid groups (broad SMARTS) is 1. The maximum atomic E-state index is 11.4. The number of carboxylic acids is 1. The van der Waals surface area contributed by atoms with Gasteiger partial charge in [0.25, 0.3) is 0 Å². The topological polar surface area (TPSA) is 72.8 Å². The van der Waals surface area contributed by atoms with E-state index in [4.69, 9.17) is 9.84 Å². The molecular formula is C10H10NO4-. The summed E-state index contributed by atoms with van der Waals surface area (Å²) in [6.45, 7) is -0.198. The van der Waals surface area contributed by atoms with Crippen LogP contribution >= 0.6 is 0 Å². The Kier molecular flexibility index (Phi) is 2.68. The molecule has 2 atom stereocenters. The molecule has 1 aliphatic heterocycles. The quantitative estimate of drug-likeness (QED) is 0.783. The molecule has 0 saturated carbocycles. The Hall–Kier alpha value is -1.43. The zero-order valence-electron chi connectivity index (χ0n) is 7.87. The van der Waals surface area contributed by atoms with Gasteiger partial charge in [0.2, 0.25) is 0 Å². The normalized spacial score (nSPS) is 26.7. The Balaban J connectivity index is 2.29. The van der Waals surface area contributed by atoms with Crippen molar-refractivity contribution in [2.24, 2.45) is 0 Å². The Morgan fingerprint density at radius 1 is 1.47 bits per heavy atom. The van der Waals surface area contributed by atoms with Gasteiger partial charge in [-0.1, -0.05) is 30.3 Å². The second kappa shape index (κ2) is 3.98. The van der Waals surface area contributed by atoms with Gasteiger partial charge in [0.15, 0.2) is 6.10 Å². The van der Waals surface area contributed by atoms with Crippen molar-refractivity contribution in [1.29, 1.82) is 0 Å². The van der Waals surface area contributed by atoms with Crippen LogP contribution in [-0.4, -0.2) is 29.0 Å². The van der Waals surface area contributed by atoms with Crippen LogP contribution in [0.5, 0.6) is 0 Å². The minimum absolute atomic E-state index is 0.198. The molecule has 1 aliphatic rings. The molecule has 5 heteroatoms. The van der Waals surface area contributed by atoms with Gasteiger partial charge in [-0.15, -0.1) is 0 Å². The van der Waals surface area contributed by atoms with E-state index >= 15 is 0 Å². The van der Waals surface area contributed by atoms with Gasteiger partial charge in [-0.05, 0) is 5.56 Å². The molecule has 15 heavy (non-hydrogen) atoms. The number of nitrogens with zero attached hydrogens (tertiary/aromatic N) is 1. The highest BCUT2D eigenvalue weighted by molar-refractivity contribution is 5.74. The molecule has 0 bridgehead atoms. The summed E-state index contributed by atoms with van der Waals surface area (Å²) >= 11 is 0. The van der Waals surface area contributed by atoms with E-state index in [-0.39, 0.29) is 6.73 Å². The maximum absolute atomic E-state index is 11.4. The fraction of sp³-hybridized carbons (Fsp3) is 0.300. The summed E-state index contributed by atoms with van der Waals surface area (Å²) < 4.78 is 4.91. The van der Waals surface area contributed by atoms with Gasteiger partial charge in [-0.2, -0.15) is 0 Å². The fourth-order valence-corrected chi connectivity index (χ4v) is 1.67. The van der Waals surface area contributed by atoms with Gasteiger partial charge in [-0.25, -0.2) is 4.79 Å². The zero-order valence-corrected chi connectivity index (χ0v) is 7.87. The Labute approximate surface area is 86.5 Å². The molecule has 1 aromatic carbocycles. The Morgan fingerprint density at radius 2 is 2.13 bits per heavy atom. The molecular weight excluding hydrogens is 198 g/mol. The van der Waals surface area contributed by atoms with Crippen LogP contribution in [0.25, 0.3) is 0 Å². The summed E-state index contributed by atoms with van der Waals surface area (Å²) in [5, 5.41) is 20.9. The largest absolute Gasteiger partial charge is 0.783 e. The second-order valence-electron chi connectivity index (χ2n) is 3.33. The summed E-state index contributed by atoms with van der Waals surface area (Å²) in [5.41, 5.74) is 0.664. The highest BCUT2D eigenvalue weighted by atomic mass is 16.6. The summed E-state index contributed by atoms with van der Waals surface area (Å²) in [5.74, 6) is -1.11. The van der Waals surface area contributed by atoms with Crippen LogP contribution in [-0.2, 0) is 9.53 Å². The average Bonchev–Trinajstić information content (AvgIpc) is 2.61. The smallest absolute Gasteiger partial charge is 0.334 e. The molecule has 1 heterocycles. The van der Waals surface area contributed by atoms with E-state index in [1.54, 1.807) is 24.3 Å². The van der Waals surface area contributed by atoms with Crippen molar-refractivity contribution in [2.45, 2.75) is 12.1 Å². The molecule has 0 aromatic heterocycles. The number of hydrogen-bond acceptors (Lipinski definition) is 4. The predicted octanol–water partition coefficient (Wildman–Crippen LogP) is 0.968. The fourth-order valence-electron chi connectivity index (χ4n) is 1.67. The van der Waals surface area contributed by atoms with Crippen molar-refractivity contribution in [2.75, 3.05) is 6.73 Å². The Morgan fingerprint density at radius 3 is 2.73 bits per heavy atom. The van der Waals surface area contributed by atoms with Crippen molar-refractivity contribution in [3.8, 4) is 0 Å². The number of rotatable bonds is 2. The lowest BCUT2D eigenvalue weighted by Gasteiger charge is -2.29. The number of hydrogen-bond donors (Lipinski definition) is 1. The lowest BCUT2D eigenvalue weighted by molar-refractivity contribution is -0.148. The number of ether oxygens (including phenoxy) is 1. The average molecular weight is 208 g/mol. The van der Waals surface area contributed by atoms with Gasteiger partial charge in [0.05, 0.1) is 12.8 Å². The van der Waals surface area contributed by atoms with Gasteiger partial charge in [-0.3, -0.25) is 0 Å². The molecule has 1 fully saturated rings. The first-order chi connectivity index (χ1) is 7.20. The van der Waals surface area contributed by atoms with Crippen LogP contribution in [0.2, 0.25) is 0 Å². The van der Waals surface area contributed by atoms with E-state index in [9.17, 15) is 10.0 Å². The van der Waals surface area contributed by atoms with E-state index in [2.05, 4.69) is 0 Å². The van der Waals surface area contributed by atoms with Gasteiger partial charge >= 0.3 is 5.97 Å². The molecule has 1 N–H and O–H groups in total. The second-order valence-corrected chi connectivity index (χ2v) is 3.33. The number of hydroxylamine groups is 2.